The summed E-state index contributed by atoms with van der Waals surface area (Å²) < 4.78 is 2.48. The molecule has 2 N–H and O–H groups in total. The lowest BCUT2D eigenvalue weighted by molar-refractivity contribution is 0.0991. The van der Waals surface area contributed by atoms with E-state index in [0.29, 0.717) is 17.9 Å². The number of hydrogen-bond donors (Lipinski definition) is 2. The quantitative estimate of drug-likeness (QED) is 0.679. The van der Waals surface area contributed by atoms with Crippen molar-refractivity contribution in [2.24, 2.45) is 10.2 Å². The number of carbonyl (C=O) groups excluding carboxylic acids is 1. The highest BCUT2D eigenvalue weighted by Crippen LogP contribution is 2.38. The fourth-order valence-corrected chi connectivity index (χ4v) is 2.67. The van der Waals surface area contributed by atoms with Crippen LogP contribution < -0.4 is 0 Å². The van der Waals surface area contributed by atoms with Crippen LogP contribution in [0.1, 0.15) is 17.4 Å². The molecular weight excluding hydrogens is 348 g/mol. The zero-order valence-corrected chi connectivity index (χ0v) is 13.3. The van der Waals surface area contributed by atoms with Gasteiger partial charge in [-0.2, -0.15) is 0 Å². The van der Waals surface area contributed by atoms with Gasteiger partial charge in [-0.25, -0.2) is 0 Å². The van der Waals surface area contributed by atoms with Crippen LogP contribution in [0.5, 0.6) is 5.88 Å². The number of H-pyrrole nitrogens is 1. The number of aromatic amines is 1. The number of nitrogens with one attached hydrogen (secondary N) is 1. The van der Waals surface area contributed by atoms with Gasteiger partial charge in [0.15, 0.2) is 5.69 Å². The fraction of sp³-hybridized carbons (Fsp3) is 0.133. The number of aryl methyl sites for hydroxylation is 1. The zero-order chi connectivity index (χ0) is 15.7. The van der Waals surface area contributed by atoms with E-state index in [-0.39, 0.29) is 5.88 Å². The van der Waals surface area contributed by atoms with Gasteiger partial charge in [-0.1, -0.05) is 18.2 Å². The van der Waals surface area contributed by atoms with Crippen LogP contribution in [-0.4, -0.2) is 20.6 Å². The Balaban J connectivity index is 2.02. The second kappa shape index (κ2) is 5.76. The first kappa shape index (κ1) is 14.5. The highest BCUT2D eigenvalue weighted by molar-refractivity contribution is 9.10. The number of nitrogens with zero attached hydrogens (tertiary/aromatic N) is 3. The molecule has 0 spiro atoms. The molecule has 0 fully saturated rings. The lowest BCUT2D eigenvalue weighted by atomic mass is 10.2. The van der Waals surface area contributed by atoms with Crippen molar-refractivity contribution in [3.8, 4) is 5.88 Å². The van der Waals surface area contributed by atoms with E-state index in [0.717, 1.165) is 15.4 Å². The van der Waals surface area contributed by atoms with Gasteiger partial charge in [-0.05, 0) is 35.0 Å². The van der Waals surface area contributed by atoms with Gasteiger partial charge in [0.1, 0.15) is 5.69 Å². The average Bonchev–Trinajstić information content (AvgIpc) is 3.06. The molecule has 0 aliphatic carbocycles. The number of para-hydroxylation sites is 1. The molecule has 7 heteroatoms. The van der Waals surface area contributed by atoms with E-state index in [1.807, 2.05) is 31.2 Å². The molecule has 3 rings (SSSR count). The second-order valence-electron chi connectivity index (χ2n) is 4.67. The number of amides is 1. The maximum Gasteiger partial charge on any atom is 0.311 e. The largest absolute Gasteiger partial charge is 0.493 e. The third-order valence-corrected chi connectivity index (χ3v) is 3.81. The molecule has 0 atom stereocenters. The van der Waals surface area contributed by atoms with Gasteiger partial charge in [0.05, 0.1) is 5.52 Å². The number of hydrogen-bond acceptors (Lipinski definition) is 3. The molecule has 3 aromatic rings. The van der Waals surface area contributed by atoms with Crippen molar-refractivity contribution in [2.45, 2.75) is 13.5 Å². The Morgan fingerprint density at radius 3 is 2.86 bits per heavy atom. The lowest BCUT2D eigenvalue weighted by Gasteiger charge is -2.00. The number of aromatic nitrogens is 2. The van der Waals surface area contributed by atoms with Crippen LogP contribution in [0.25, 0.3) is 10.9 Å². The van der Waals surface area contributed by atoms with Gasteiger partial charge in [-0.15, -0.1) is 10.2 Å². The Kier molecular flexibility index (Phi) is 3.81. The maximum atomic E-state index is 12.0. The maximum absolute atomic E-state index is 12.0. The van der Waals surface area contributed by atoms with Gasteiger partial charge in [0.25, 0.3) is 0 Å². The minimum absolute atomic E-state index is 0.00733. The van der Waals surface area contributed by atoms with Crippen LogP contribution in [0, 0.1) is 0 Å². The number of benzene rings is 1. The van der Waals surface area contributed by atoms with Gasteiger partial charge < -0.3 is 14.7 Å². The first-order valence-corrected chi connectivity index (χ1v) is 7.51. The van der Waals surface area contributed by atoms with Crippen LogP contribution in [0.15, 0.2) is 51.2 Å². The molecule has 0 aliphatic heterocycles. The average molecular weight is 361 g/mol. The topological polar surface area (TPSA) is 82.7 Å². The number of carbonyl (C=O) groups is 1. The summed E-state index contributed by atoms with van der Waals surface area (Å²) in [5.74, 6) is -0.494. The Bertz CT molecular complexity index is 879. The number of azo groups is 1. The molecule has 6 nitrogen and oxygen atoms in total. The molecule has 0 unspecified atom stereocenters. The van der Waals surface area contributed by atoms with E-state index < -0.39 is 5.91 Å². The van der Waals surface area contributed by atoms with Crippen LogP contribution in [0.3, 0.4) is 0 Å². The predicted molar refractivity (Wildman–Crippen MR) is 86.6 cm³/mol. The fourth-order valence-electron chi connectivity index (χ4n) is 2.33. The summed E-state index contributed by atoms with van der Waals surface area (Å²) in [5.41, 5.74) is 1.48. The molecule has 0 saturated heterocycles. The van der Waals surface area contributed by atoms with Crippen molar-refractivity contribution < 1.29 is 9.90 Å². The molecule has 1 aromatic carbocycles. The smallest absolute Gasteiger partial charge is 0.311 e. The Morgan fingerprint density at radius 1 is 1.41 bits per heavy atom. The van der Waals surface area contributed by atoms with Crippen molar-refractivity contribution >= 4 is 38.4 Å². The summed E-state index contributed by atoms with van der Waals surface area (Å²) in [6.45, 7) is 2.52. The minimum atomic E-state index is -0.501. The molecule has 2 aromatic heterocycles. The highest BCUT2D eigenvalue weighted by Gasteiger charge is 2.16. The molecule has 112 valence electrons. The summed E-state index contributed by atoms with van der Waals surface area (Å²) in [6.07, 6.45) is 1.64. The van der Waals surface area contributed by atoms with E-state index in [1.165, 1.54) is 0 Å². The SMILES string of the molecule is CCn1c(O)c(N=NC(=O)c2cc(Br)c[nH]2)c2ccccc21. The molecule has 0 saturated carbocycles. The summed E-state index contributed by atoms with van der Waals surface area (Å²) in [5, 5.41) is 18.7. The number of aromatic hydroxyl groups is 1. The molecule has 0 radical (unpaired) electrons. The van der Waals surface area contributed by atoms with Gasteiger partial charge in [-0.3, -0.25) is 4.79 Å². The van der Waals surface area contributed by atoms with Crippen molar-refractivity contribution in [3.05, 3.63) is 46.7 Å². The van der Waals surface area contributed by atoms with Gasteiger partial charge >= 0.3 is 5.91 Å². The van der Waals surface area contributed by atoms with Crippen molar-refractivity contribution in [2.75, 3.05) is 0 Å². The minimum Gasteiger partial charge on any atom is -0.493 e. The van der Waals surface area contributed by atoms with E-state index in [2.05, 4.69) is 31.1 Å². The van der Waals surface area contributed by atoms with Gasteiger partial charge in [0, 0.05) is 22.6 Å². The molecule has 1 amide bonds. The van der Waals surface area contributed by atoms with Crippen LogP contribution in [0.2, 0.25) is 0 Å². The molecule has 0 aliphatic rings. The van der Waals surface area contributed by atoms with Crippen LogP contribution in [0.4, 0.5) is 5.69 Å². The zero-order valence-electron chi connectivity index (χ0n) is 11.7. The third kappa shape index (κ3) is 2.43. The number of halogens is 1. The van der Waals surface area contributed by atoms with E-state index in [4.69, 9.17) is 0 Å². The van der Waals surface area contributed by atoms with Crippen LogP contribution in [-0.2, 0) is 6.54 Å². The van der Waals surface area contributed by atoms with Crippen molar-refractivity contribution in [1.29, 1.82) is 0 Å². The molecule has 22 heavy (non-hydrogen) atoms. The number of fused-ring (bicyclic) bond motifs is 1. The first-order chi connectivity index (χ1) is 10.6. The number of rotatable bonds is 3. The van der Waals surface area contributed by atoms with Crippen molar-refractivity contribution in [1.82, 2.24) is 9.55 Å². The van der Waals surface area contributed by atoms with Crippen molar-refractivity contribution in [3.63, 3.8) is 0 Å². The summed E-state index contributed by atoms with van der Waals surface area (Å²) in [7, 11) is 0. The summed E-state index contributed by atoms with van der Waals surface area (Å²) in [4.78, 5) is 14.7. The normalized spacial score (nSPS) is 11.5. The Hall–Kier alpha value is -2.41. The standard InChI is InChI=1S/C15H13BrN4O2/c1-2-20-12-6-4-3-5-10(12)13(15(20)22)18-19-14(21)11-7-9(16)8-17-11/h3-8,17,22H,2H2,1H3. The second-order valence-corrected chi connectivity index (χ2v) is 5.59. The van der Waals surface area contributed by atoms with E-state index >= 15 is 0 Å². The van der Waals surface area contributed by atoms with Gasteiger partial charge in [0.2, 0.25) is 5.88 Å². The first-order valence-electron chi connectivity index (χ1n) is 6.72. The summed E-state index contributed by atoms with van der Waals surface area (Å²) in [6, 6.07) is 9.09. The lowest BCUT2D eigenvalue weighted by Crippen LogP contribution is -1.93. The highest BCUT2D eigenvalue weighted by atomic mass is 79.9. The Labute approximate surface area is 134 Å². The van der Waals surface area contributed by atoms with Crippen LogP contribution >= 0.6 is 15.9 Å². The monoisotopic (exact) mass is 360 g/mol. The third-order valence-electron chi connectivity index (χ3n) is 3.35. The van der Waals surface area contributed by atoms with E-state index in [1.54, 1.807) is 16.8 Å². The molecule has 2 heterocycles. The van der Waals surface area contributed by atoms with E-state index in [9.17, 15) is 9.90 Å². The summed E-state index contributed by atoms with van der Waals surface area (Å²) >= 11 is 3.25. The molecule has 0 bridgehead atoms. The predicted octanol–water partition coefficient (Wildman–Crippen LogP) is 4.38. The Morgan fingerprint density at radius 2 is 2.18 bits per heavy atom. The molecular formula is C15H13BrN4O2.